The zero-order chi connectivity index (χ0) is 33.4. The topological polar surface area (TPSA) is 60.5 Å². The van der Waals surface area contributed by atoms with Crippen LogP contribution in [0.25, 0.3) is 5.57 Å². The lowest BCUT2D eigenvalue weighted by Gasteiger charge is -2.24. The lowest BCUT2D eigenvalue weighted by molar-refractivity contribution is -0.145. The van der Waals surface area contributed by atoms with Gasteiger partial charge >= 0.3 is 5.97 Å². The summed E-state index contributed by atoms with van der Waals surface area (Å²) in [4.78, 5) is 17.5. The van der Waals surface area contributed by atoms with Crippen molar-refractivity contribution in [1.82, 2.24) is 9.80 Å². The monoisotopic (exact) mass is 664 g/mol. The molecule has 5 rings (SSSR count). The minimum Gasteiger partial charge on any atom is -0.482 e. The van der Waals surface area contributed by atoms with E-state index in [0.29, 0.717) is 12.4 Å². The molecule has 0 saturated carbocycles. The Balaban J connectivity index is 1.28. The zero-order valence-electron chi connectivity index (χ0n) is 28.0. The molecule has 0 aromatic heterocycles. The summed E-state index contributed by atoms with van der Waals surface area (Å²) in [7, 11) is 0. The van der Waals surface area contributed by atoms with Crippen LogP contribution in [0.1, 0.15) is 34.7 Å². The summed E-state index contributed by atoms with van der Waals surface area (Å²) < 4.78 is 21.5. The molecule has 0 aliphatic carbocycles. The number of benzene rings is 3. The molecule has 0 unspecified atom stereocenters. The number of morpholine rings is 2. The number of esters is 1. The summed E-state index contributed by atoms with van der Waals surface area (Å²) >= 11 is 1.75. The van der Waals surface area contributed by atoms with Gasteiger partial charge in [-0.3, -0.25) is 9.80 Å². The first-order chi connectivity index (χ1) is 23.6. The highest BCUT2D eigenvalue weighted by Gasteiger charge is 2.11. The van der Waals surface area contributed by atoms with Crippen LogP contribution in [0, 0.1) is 30.6 Å². The average molecular weight is 665 g/mol. The van der Waals surface area contributed by atoms with Crippen LogP contribution >= 0.6 is 11.8 Å². The van der Waals surface area contributed by atoms with Gasteiger partial charge in [0.1, 0.15) is 5.75 Å². The van der Waals surface area contributed by atoms with E-state index in [0.717, 1.165) is 110 Å². The Morgan fingerprint density at radius 1 is 0.812 bits per heavy atom. The van der Waals surface area contributed by atoms with Gasteiger partial charge in [-0.25, -0.2) is 4.79 Å². The Bertz CT molecular complexity index is 1550. The van der Waals surface area contributed by atoms with E-state index in [4.69, 9.17) is 18.9 Å². The maximum atomic E-state index is 11.7. The fraction of sp³-hybridized carbons (Fsp3) is 0.375. The number of carbonyl (C=O) groups excluding carboxylic acids is 1. The summed E-state index contributed by atoms with van der Waals surface area (Å²) in [6, 6.07) is 23.1. The van der Waals surface area contributed by atoms with E-state index in [2.05, 4.69) is 94.2 Å². The highest BCUT2D eigenvalue weighted by atomic mass is 32.2. The van der Waals surface area contributed by atoms with Gasteiger partial charge in [-0.2, -0.15) is 0 Å². The third-order valence-corrected chi connectivity index (χ3v) is 8.93. The Labute approximate surface area is 289 Å². The third kappa shape index (κ3) is 11.3. The van der Waals surface area contributed by atoms with Crippen LogP contribution < -0.4 is 4.74 Å². The van der Waals surface area contributed by atoms with Gasteiger partial charge in [0.25, 0.3) is 0 Å². The molecule has 0 spiro atoms. The smallest absolute Gasteiger partial charge is 0.344 e. The van der Waals surface area contributed by atoms with Crippen LogP contribution in [0.5, 0.6) is 5.75 Å². The van der Waals surface area contributed by atoms with Crippen molar-refractivity contribution in [2.75, 3.05) is 84.7 Å². The van der Waals surface area contributed by atoms with E-state index in [1.807, 2.05) is 19.1 Å². The maximum Gasteiger partial charge on any atom is 0.344 e. The van der Waals surface area contributed by atoms with Gasteiger partial charge in [0, 0.05) is 48.0 Å². The highest BCUT2D eigenvalue weighted by Crippen LogP contribution is 2.29. The van der Waals surface area contributed by atoms with Gasteiger partial charge in [-0.05, 0) is 78.6 Å². The molecule has 3 aromatic carbocycles. The van der Waals surface area contributed by atoms with E-state index in [1.54, 1.807) is 18.7 Å². The van der Waals surface area contributed by atoms with Crippen LogP contribution in [0.2, 0.25) is 0 Å². The molecule has 7 nitrogen and oxygen atoms in total. The molecule has 0 atom stereocenters. The normalized spacial score (nSPS) is 15.0. The van der Waals surface area contributed by atoms with Crippen LogP contribution in [-0.2, 0) is 19.0 Å². The van der Waals surface area contributed by atoms with Crippen molar-refractivity contribution in [2.45, 2.75) is 18.7 Å². The van der Waals surface area contributed by atoms with Crippen LogP contribution in [0.4, 0.5) is 0 Å². The molecule has 0 bridgehead atoms. The standard InChI is InChI=1S/C40H44N2O5S/c1-3-46-40(43)31-47-39-17-16-37(30-32(39)2)48-29-18-38(35-12-8-33(9-13-35)6-4-19-41-21-25-44-26-22-41)36-14-10-34(11-15-36)7-5-20-42-23-27-45-28-24-42/h8-18,30H,3,19-29,31H2,1-2H3. The van der Waals surface area contributed by atoms with E-state index in [9.17, 15) is 4.79 Å². The minimum atomic E-state index is -0.367. The molecule has 0 amide bonds. The second kappa shape index (κ2) is 19.1. The predicted octanol–water partition coefficient (Wildman–Crippen LogP) is 5.53. The number of rotatable bonds is 11. The van der Waals surface area contributed by atoms with Gasteiger partial charge in [0.05, 0.1) is 46.1 Å². The summed E-state index contributed by atoms with van der Waals surface area (Å²) in [6.07, 6.45) is 2.28. The summed E-state index contributed by atoms with van der Waals surface area (Å²) in [6.45, 7) is 12.4. The number of aryl methyl sites for hydroxylation is 1. The Morgan fingerprint density at radius 3 is 1.85 bits per heavy atom. The molecule has 3 aromatic rings. The molecular weight excluding hydrogens is 621 g/mol. The zero-order valence-corrected chi connectivity index (χ0v) is 28.8. The van der Waals surface area contributed by atoms with Gasteiger partial charge < -0.3 is 18.9 Å². The van der Waals surface area contributed by atoms with Crippen LogP contribution in [-0.4, -0.2) is 100 Å². The summed E-state index contributed by atoms with van der Waals surface area (Å²) in [5.74, 6) is 14.4. The first-order valence-electron chi connectivity index (χ1n) is 16.6. The number of thioether (sulfide) groups is 1. The van der Waals surface area contributed by atoms with Crippen LogP contribution in [0.3, 0.4) is 0 Å². The van der Waals surface area contributed by atoms with E-state index < -0.39 is 0 Å². The molecule has 8 heteroatoms. The quantitative estimate of drug-likeness (QED) is 0.151. The number of carbonyl (C=O) groups is 1. The minimum absolute atomic E-state index is 0.0935. The van der Waals surface area contributed by atoms with Gasteiger partial charge in [0.15, 0.2) is 6.61 Å². The molecule has 0 radical (unpaired) electrons. The molecule has 48 heavy (non-hydrogen) atoms. The van der Waals surface area contributed by atoms with Crippen molar-refractivity contribution >= 4 is 23.3 Å². The number of hydrogen-bond acceptors (Lipinski definition) is 8. The number of nitrogens with zero attached hydrogens (tertiary/aromatic N) is 2. The second-order valence-electron chi connectivity index (χ2n) is 11.5. The molecule has 2 fully saturated rings. The molecular formula is C40H44N2O5S. The van der Waals surface area contributed by atoms with Crippen molar-refractivity contribution in [3.63, 3.8) is 0 Å². The van der Waals surface area contributed by atoms with E-state index in [-0.39, 0.29) is 12.6 Å². The first kappa shape index (κ1) is 35.3. The fourth-order valence-electron chi connectivity index (χ4n) is 5.33. The van der Waals surface area contributed by atoms with E-state index in [1.165, 1.54) is 0 Å². The largest absolute Gasteiger partial charge is 0.482 e. The number of hydrogen-bond donors (Lipinski definition) is 0. The maximum absolute atomic E-state index is 11.7. The average Bonchev–Trinajstić information content (AvgIpc) is 3.12. The predicted molar refractivity (Wildman–Crippen MR) is 192 cm³/mol. The first-order valence-corrected chi connectivity index (χ1v) is 17.6. The SMILES string of the molecule is CCOC(=O)COc1ccc(SCC=C(c2ccc(C#CCN3CCOCC3)cc2)c2ccc(C#CCN3CCOCC3)cc2)cc1C. The van der Waals surface area contributed by atoms with Gasteiger partial charge in [0.2, 0.25) is 0 Å². The molecule has 2 aliphatic rings. The van der Waals surface area contributed by atoms with Gasteiger partial charge in [-0.1, -0.05) is 54.0 Å². The molecule has 2 saturated heterocycles. The second-order valence-corrected chi connectivity index (χ2v) is 12.6. The highest BCUT2D eigenvalue weighted by molar-refractivity contribution is 7.99. The molecule has 0 N–H and O–H groups in total. The Kier molecular flexibility index (Phi) is 14.0. The summed E-state index contributed by atoms with van der Waals surface area (Å²) in [5, 5.41) is 0. The van der Waals surface area contributed by atoms with Crippen molar-refractivity contribution in [3.8, 4) is 29.4 Å². The Hall–Kier alpha value is -4.02. The molecule has 2 aliphatic heterocycles. The van der Waals surface area contributed by atoms with Crippen molar-refractivity contribution in [2.24, 2.45) is 0 Å². The number of ether oxygens (including phenoxy) is 4. The lowest BCUT2D eigenvalue weighted by Crippen LogP contribution is -2.36. The third-order valence-electron chi connectivity index (χ3n) is 8.00. The van der Waals surface area contributed by atoms with Crippen molar-refractivity contribution in [3.05, 3.63) is 101 Å². The van der Waals surface area contributed by atoms with Crippen LogP contribution in [0.15, 0.2) is 77.7 Å². The van der Waals surface area contributed by atoms with Gasteiger partial charge in [-0.15, -0.1) is 11.8 Å². The Morgan fingerprint density at radius 2 is 1.35 bits per heavy atom. The summed E-state index contributed by atoms with van der Waals surface area (Å²) in [5.41, 5.74) is 6.43. The molecule has 2 heterocycles. The fourth-order valence-corrected chi connectivity index (χ4v) is 6.19. The lowest BCUT2D eigenvalue weighted by atomic mass is 9.96. The van der Waals surface area contributed by atoms with E-state index >= 15 is 0 Å². The van der Waals surface area contributed by atoms with Crippen molar-refractivity contribution < 1.29 is 23.7 Å². The van der Waals surface area contributed by atoms with Crippen molar-refractivity contribution in [1.29, 1.82) is 0 Å². The molecule has 250 valence electrons.